The maximum absolute atomic E-state index is 13.5. The van der Waals surface area contributed by atoms with Crippen LogP contribution in [0.2, 0.25) is 5.02 Å². The summed E-state index contributed by atoms with van der Waals surface area (Å²) < 4.78 is 13.5. The second-order valence-electron chi connectivity index (χ2n) is 4.72. The summed E-state index contributed by atoms with van der Waals surface area (Å²) in [6, 6.07) is 5.44. The smallest absolute Gasteiger partial charge is 0.108 e. The van der Waals surface area contributed by atoms with Gasteiger partial charge < -0.3 is 0 Å². The molecule has 0 fully saturated rings. The number of para-hydroxylation sites is 1. The van der Waals surface area contributed by atoms with Crippen molar-refractivity contribution < 1.29 is 4.39 Å². The van der Waals surface area contributed by atoms with Crippen LogP contribution in [-0.2, 0) is 0 Å². The van der Waals surface area contributed by atoms with Crippen molar-refractivity contribution in [2.45, 2.75) is 19.3 Å². The number of hydrogen-bond donors (Lipinski definition) is 0. The summed E-state index contributed by atoms with van der Waals surface area (Å²) in [4.78, 5) is 9.07. The Labute approximate surface area is 125 Å². The number of aromatic nitrogens is 2. The van der Waals surface area contributed by atoms with Gasteiger partial charge in [0.15, 0.2) is 0 Å². The maximum Gasteiger partial charge on any atom is 0.108 e. The van der Waals surface area contributed by atoms with Crippen molar-refractivity contribution in [3.8, 4) is 0 Å². The molecule has 0 amide bonds. The van der Waals surface area contributed by atoms with Crippen LogP contribution in [-0.4, -0.2) is 9.97 Å². The van der Waals surface area contributed by atoms with Gasteiger partial charge in [0.05, 0.1) is 21.9 Å². The molecule has 1 heterocycles. The number of fused-ring (bicyclic) bond motifs is 1. The van der Waals surface area contributed by atoms with Gasteiger partial charge >= 0.3 is 0 Å². The quantitative estimate of drug-likeness (QED) is 0.736. The fourth-order valence-corrected chi connectivity index (χ4v) is 2.80. The van der Waals surface area contributed by atoms with E-state index >= 15 is 0 Å². The van der Waals surface area contributed by atoms with E-state index in [1.165, 1.54) is 6.08 Å². The number of rotatable bonds is 1. The third-order valence-corrected chi connectivity index (χ3v) is 4.04. The first-order valence-electron chi connectivity index (χ1n) is 6.21. The molecule has 0 N–H and O–H groups in total. The second kappa shape index (κ2) is 5.15. The van der Waals surface area contributed by atoms with Gasteiger partial charge in [-0.1, -0.05) is 29.3 Å². The Hall–Kier alpha value is -1.45. The Balaban J connectivity index is 2.17. The van der Waals surface area contributed by atoms with Crippen LogP contribution in [0.25, 0.3) is 11.0 Å². The lowest BCUT2D eigenvalue weighted by atomic mass is 9.94. The number of hydrogen-bond acceptors (Lipinski definition) is 2. The van der Waals surface area contributed by atoms with Crippen molar-refractivity contribution in [2.75, 3.05) is 0 Å². The maximum atomic E-state index is 13.5. The van der Waals surface area contributed by atoms with Gasteiger partial charge in [0.2, 0.25) is 0 Å². The van der Waals surface area contributed by atoms with Crippen LogP contribution >= 0.6 is 23.2 Å². The Morgan fingerprint density at radius 1 is 1.20 bits per heavy atom. The van der Waals surface area contributed by atoms with E-state index < -0.39 is 0 Å². The van der Waals surface area contributed by atoms with E-state index in [-0.39, 0.29) is 18.2 Å². The summed E-state index contributed by atoms with van der Waals surface area (Å²) in [5.41, 5.74) is 2.76. The molecule has 0 saturated carbocycles. The molecule has 102 valence electrons. The molecule has 2 aromatic rings. The monoisotopic (exact) mass is 308 g/mol. The van der Waals surface area contributed by atoms with E-state index in [1.807, 2.05) is 19.1 Å². The summed E-state index contributed by atoms with van der Waals surface area (Å²) in [6.45, 7) is 1.85. The average Bonchev–Trinajstić information content (AvgIpc) is 2.41. The number of aryl methyl sites for hydroxylation is 1. The highest BCUT2D eigenvalue weighted by Gasteiger charge is 2.24. The van der Waals surface area contributed by atoms with E-state index in [2.05, 4.69) is 9.97 Å². The molecule has 0 bridgehead atoms. The summed E-state index contributed by atoms with van der Waals surface area (Å²) in [5, 5.41) is 1.10. The third kappa shape index (κ3) is 2.32. The van der Waals surface area contributed by atoms with Crippen LogP contribution in [0.5, 0.6) is 0 Å². The Morgan fingerprint density at radius 3 is 2.80 bits per heavy atom. The Morgan fingerprint density at radius 2 is 2.00 bits per heavy atom. The standard InChI is InChI=1S/C15H11Cl2FN2/c1-8-14(10-7-9(18)5-6-11(10)16)20-15-12(17)3-2-4-13(15)19-8/h2-6,10H,7H2,1H3. The number of allylic oxidation sites excluding steroid dienone is 4. The van der Waals surface area contributed by atoms with Crippen molar-refractivity contribution in [1.82, 2.24) is 9.97 Å². The van der Waals surface area contributed by atoms with Crippen LogP contribution in [0, 0.1) is 6.92 Å². The van der Waals surface area contributed by atoms with E-state index in [0.29, 0.717) is 21.3 Å². The molecule has 3 rings (SSSR count). The minimum atomic E-state index is -0.296. The molecular weight excluding hydrogens is 298 g/mol. The van der Waals surface area contributed by atoms with Gasteiger partial charge in [0.25, 0.3) is 0 Å². The highest BCUT2D eigenvalue weighted by atomic mass is 35.5. The molecule has 0 spiro atoms. The van der Waals surface area contributed by atoms with E-state index in [0.717, 1.165) is 11.2 Å². The van der Waals surface area contributed by atoms with Crippen molar-refractivity contribution in [3.63, 3.8) is 0 Å². The molecular formula is C15H11Cl2FN2. The van der Waals surface area contributed by atoms with Crippen LogP contribution in [0.3, 0.4) is 0 Å². The van der Waals surface area contributed by atoms with Crippen LogP contribution in [0.15, 0.2) is 41.2 Å². The molecule has 2 nitrogen and oxygen atoms in total. The largest absolute Gasteiger partial charge is 0.250 e. The predicted molar refractivity (Wildman–Crippen MR) is 79.8 cm³/mol. The van der Waals surface area contributed by atoms with Crippen LogP contribution in [0.1, 0.15) is 23.7 Å². The lowest BCUT2D eigenvalue weighted by Crippen LogP contribution is -2.09. The lowest BCUT2D eigenvalue weighted by Gasteiger charge is -2.19. The molecule has 5 heteroatoms. The fraction of sp³-hybridized carbons (Fsp3) is 0.200. The first-order chi connectivity index (χ1) is 9.56. The highest BCUT2D eigenvalue weighted by molar-refractivity contribution is 6.34. The highest BCUT2D eigenvalue weighted by Crippen LogP contribution is 2.37. The number of benzene rings is 1. The third-order valence-electron chi connectivity index (χ3n) is 3.34. The Kier molecular flexibility index (Phi) is 3.48. The van der Waals surface area contributed by atoms with Gasteiger partial charge in [-0.2, -0.15) is 0 Å². The molecule has 1 aliphatic carbocycles. The zero-order valence-electron chi connectivity index (χ0n) is 10.7. The van der Waals surface area contributed by atoms with Crippen molar-refractivity contribution in [1.29, 1.82) is 0 Å². The van der Waals surface area contributed by atoms with Gasteiger partial charge in [0, 0.05) is 17.4 Å². The van der Waals surface area contributed by atoms with Crippen molar-refractivity contribution in [3.05, 3.63) is 57.6 Å². The molecule has 1 unspecified atom stereocenters. The molecule has 0 aliphatic heterocycles. The predicted octanol–water partition coefficient (Wildman–Crippen LogP) is 5.06. The SMILES string of the molecule is Cc1nc2cccc(Cl)c2nc1C1CC(F)=CC=C1Cl. The summed E-state index contributed by atoms with van der Waals surface area (Å²) in [6.07, 6.45) is 3.17. The molecule has 1 atom stereocenters. The first kappa shape index (κ1) is 13.5. The summed E-state index contributed by atoms with van der Waals surface area (Å²) >= 11 is 12.3. The van der Waals surface area contributed by atoms with Crippen LogP contribution in [0.4, 0.5) is 4.39 Å². The van der Waals surface area contributed by atoms with Gasteiger partial charge in [0.1, 0.15) is 11.3 Å². The molecule has 1 aromatic carbocycles. The van der Waals surface area contributed by atoms with Crippen molar-refractivity contribution >= 4 is 34.2 Å². The normalized spacial score (nSPS) is 18.9. The average molecular weight is 309 g/mol. The number of nitrogens with zero attached hydrogens (tertiary/aromatic N) is 2. The topological polar surface area (TPSA) is 25.8 Å². The van der Waals surface area contributed by atoms with Crippen molar-refractivity contribution in [2.24, 2.45) is 0 Å². The molecule has 0 radical (unpaired) electrons. The van der Waals surface area contributed by atoms with E-state index in [4.69, 9.17) is 23.2 Å². The first-order valence-corrected chi connectivity index (χ1v) is 6.96. The van der Waals surface area contributed by atoms with Gasteiger partial charge in [-0.3, -0.25) is 0 Å². The number of halogens is 3. The Bertz CT molecular complexity index is 753. The zero-order chi connectivity index (χ0) is 14.3. The minimum Gasteiger partial charge on any atom is -0.250 e. The zero-order valence-corrected chi connectivity index (χ0v) is 12.2. The van der Waals surface area contributed by atoms with Gasteiger partial charge in [-0.05, 0) is 31.2 Å². The minimum absolute atomic E-state index is 0.208. The lowest BCUT2D eigenvalue weighted by molar-refractivity contribution is 0.557. The fourth-order valence-electron chi connectivity index (χ4n) is 2.35. The second-order valence-corrected chi connectivity index (χ2v) is 5.57. The summed E-state index contributed by atoms with van der Waals surface area (Å²) in [7, 11) is 0. The van der Waals surface area contributed by atoms with E-state index in [9.17, 15) is 4.39 Å². The molecule has 1 aliphatic rings. The van der Waals surface area contributed by atoms with Gasteiger partial charge in [-0.25, -0.2) is 14.4 Å². The molecule has 20 heavy (non-hydrogen) atoms. The van der Waals surface area contributed by atoms with Crippen LogP contribution < -0.4 is 0 Å². The molecule has 0 saturated heterocycles. The van der Waals surface area contributed by atoms with Gasteiger partial charge in [-0.15, -0.1) is 0 Å². The molecule has 1 aromatic heterocycles. The summed E-state index contributed by atoms with van der Waals surface area (Å²) in [5.74, 6) is -0.505. The van der Waals surface area contributed by atoms with E-state index in [1.54, 1.807) is 12.1 Å².